The molecule has 1 aliphatic rings. The number of hydrogen-bond donors (Lipinski definition) is 0. The first-order valence-corrected chi connectivity index (χ1v) is 7.88. The van der Waals surface area contributed by atoms with Gasteiger partial charge in [-0.15, -0.1) is 0 Å². The number of ketones is 1. The van der Waals surface area contributed by atoms with Crippen LogP contribution in [0.15, 0.2) is 30.3 Å². The van der Waals surface area contributed by atoms with Crippen LogP contribution in [0.25, 0.3) is 0 Å². The van der Waals surface area contributed by atoms with E-state index in [-0.39, 0.29) is 12.3 Å². The molecule has 2 aromatic rings. The second-order valence-electron chi connectivity index (χ2n) is 6.28. The topological polar surface area (TPSA) is 54.5 Å². The molecule has 1 heterocycles. The average Bonchev–Trinajstić information content (AvgIpc) is 2.81. The predicted molar refractivity (Wildman–Crippen MR) is 91.5 cm³/mol. The molecule has 0 radical (unpaired) electrons. The zero-order valence-electron chi connectivity index (χ0n) is 14.3. The van der Waals surface area contributed by atoms with Gasteiger partial charge in [0.25, 0.3) is 11.8 Å². The van der Waals surface area contributed by atoms with Crippen LogP contribution in [0, 0.1) is 27.7 Å². The Hall–Kier alpha value is -2.75. The van der Waals surface area contributed by atoms with Crippen LogP contribution in [-0.4, -0.2) is 29.0 Å². The van der Waals surface area contributed by atoms with Gasteiger partial charge in [0.1, 0.15) is 0 Å². The fourth-order valence-corrected chi connectivity index (χ4v) is 3.11. The fourth-order valence-electron chi connectivity index (χ4n) is 3.11. The highest BCUT2D eigenvalue weighted by Gasteiger charge is 2.36. The van der Waals surface area contributed by atoms with Crippen molar-refractivity contribution < 1.29 is 14.4 Å². The van der Waals surface area contributed by atoms with Gasteiger partial charge >= 0.3 is 0 Å². The summed E-state index contributed by atoms with van der Waals surface area (Å²) in [6.45, 7) is 7.64. The maximum Gasteiger partial charge on any atom is 0.261 e. The lowest BCUT2D eigenvalue weighted by Crippen LogP contribution is -2.35. The van der Waals surface area contributed by atoms with Gasteiger partial charge in [-0.3, -0.25) is 19.3 Å². The number of carbonyl (C=O) groups excluding carboxylic acids is 3. The van der Waals surface area contributed by atoms with E-state index in [0.29, 0.717) is 16.7 Å². The normalized spacial score (nSPS) is 13.4. The Bertz CT molecular complexity index is 861. The molecule has 0 unspecified atom stereocenters. The van der Waals surface area contributed by atoms with Crippen LogP contribution in [0.1, 0.15) is 53.3 Å². The molecule has 0 atom stereocenters. The van der Waals surface area contributed by atoms with Gasteiger partial charge in [0.05, 0.1) is 17.7 Å². The van der Waals surface area contributed by atoms with Crippen molar-refractivity contribution in [3.63, 3.8) is 0 Å². The average molecular weight is 321 g/mol. The van der Waals surface area contributed by atoms with Gasteiger partial charge in [-0.1, -0.05) is 12.1 Å². The fraction of sp³-hybridized carbons (Fsp3) is 0.250. The smallest absolute Gasteiger partial charge is 0.261 e. The number of hydrogen-bond acceptors (Lipinski definition) is 3. The van der Waals surface area contributed by atoms with E-state index >= 15 is 0 Å². The van der Waals surface area contributed by atoms with E-state index < -0.39 is 11.8 Å². The number of benzene rings is 2. The second kappa shape index (κ2) is 5.71. The number of aryl methyl sites for hydroxylation is 1. The summed E-state index contributed by atoms with van der Waals surface area (Å²) in [4.78, 5) is 38.6. The van der Waals surface area contributed by atoms with Crippen LogP contribution in [0.3, 0.4) is 0 Å². The van der Waals surface area contributed by atoms with E-state index in [1.807, 2.05) is 33.8 Å². The molecule has 3 rings (SSSR count). The number of rotatable bonds is 3. The van der Waals surface area contributed by atoms with E-state index in [2.05, 4.69) is 0 Å². The van der Waals surface area contributed by atoms with Crippen LogP contribution in [0.5, 0.6) is 0 Å². The first-order chi connectivity index (χ1) is 11.3. The quantitative estimate of drug-likeness (QED) is 0.643. The zero-order valence-corrected chi connectivity index (χ0v) is 14.3. The highest BCUT2D eigenvalue weighted by Crippen LogP contribution is 2.25. The zero-order chi connectivity index (χ0) is 17.6. The van der Waals surface area contributed by atoms with Crippen LogP contribution in [0.4, 0.5) is 0 Å². The highest BCUT2D eigenvalue weighted by molar-refractivity contribution is 6.23. The van der Waals surface area contributed by atoms with E-state index in [9.17, 15) is 14.4 Å². The number of amides is 2. The van der Waals surface area contributed by atoms with Crippen molar-refractivity contribution in [2.24, 2.45) is 0 Å². The Morgan fingerprint density at radius 1 is 0.875 bits per heavy atom. The number of fused-ring (bicyclic) bond motifs is 1. The third kappa shape index (κ3) is 2.35. The lowest BCUT2D eigenvalue weighted by Gasteiger charge is -2.17. The van der Waals surface area contributed by atoms with Crippen molar-refractivity contribution in [1.82, 2.24) is 4.90 Å². The summed E-state index contributed by atoms with van der Waals surface area (Å²) >= 11 is 0. The second-order valence-corrected chi connectivity index (χ2v) is 6.28. The minimum atomic E-state index is -0.401. The van der Waals surface area contributed by atoms with Gasteiger partial charge in [0, 0.05) is 5.56 Å². The summed E-state index contributed by atoms with van der Waals surface area (Å²) in [6.07, 6.45) is 0. The van der Waals surface area contributed by atoms with E-state index in [0.717, 1.165) is 27.2 Å². The summed E-state index contributed by atoms with van der Waals surface area (Å²) in [7, 11) is 0. The molecule has 0 saturated heterocycles. The number of imide groups is 1. The number of nitrogens with zero attached hydrogens (tertiary/aromatic N) is 1. The predicted octanol–water partition coefficient (Wildman–Crippen LogP) is 3.40. The Balaban J connectivity index is 1.93. The Labute approximate surface area is 141 Å². The standard InChI is InChI=1S/C20H19NO3/c1-11-9-17(14(4)13(3)12(11)2)18(22)10-21-19(23)15-7-5-6-8-16(15)20(21)24/h5-9H,10H2,1-4H3. The summed E-state index contributed by atoms with van der Waals surface area (Å²) in [5.41, 5.74) is 5.47. The summed E-state index contributed by atoms with van der Waals surface area (Å²) in [5.74, 6) is -1.02. The number of carbonyl (C=O) groups is 3. The summed E-state index contributed by atoms with van der Waals surface area (Å²) in [6, 6.07) is 8.51. The van der Waals surface area contributed by atoms with Gasteiger partial charge in [0.15, 0.2) is 5.78 Å². The first-order valence-electron chi connectivity index (χ1n) is 7.88. The molecule has 2 aromatic carbocycles. The maximum absolute atomic E-state index is 12.7. The SMILES string of the molecule is Cc1cc(C(=O)CN2C(=O)c3ccccc3C2=O)c(C)c(C)c1C. The van der Waals surface area contributed by atoms with E-state index in [4.69, 9.17) is 0 Å². The molecular formula is C20H19NO3. The first kappa shape index (κ1) is 16.1. The maximum atomic E-state index is 12.7. The summed E-state index contributed by atoms with van der Waals surface area (Å²) in [5, 5.41) is 0. The molecule has 0 fully saturated rings. The lowest BCUT2D eigenvalue weighted by atomic mass is 9.92. The van der Waals surface area contributed by atoms with Gasteiger partial charge in [0.2, 0.25) is 0 Å². The van der Waals surface area contributed by atoms with Crippen LogP contribution >= 0.6 is 0 Å². The van der Waals surface area contributed by atoms with Gasteiger partial charge in [-0.2, -0.15) is 0 Å². The van der Waals surface area contributed by atoms with Crippen LogP contribution in [0.2, 0.25) is 0 Å². The van der Waals surface area contributed by atoms with Crippen molar-refractivity contribution >= 4 is 17.6 Å². The molecule has 0 aliphatic carbocycles. The van der Waals surface area contributed by atoms with Crippen molar-refractivity contribution in [3.8, 4) is 0 Å². The van der Waals surface area contributed by atoms with Crippen molar-refractivity contribution in [1.29, 1.82) is 0 Å². The van der Waals surface area contributed by atoms with Gasteiger partial charge in [-0.05, 0) is 68.1 Å². The molecule has 4 nitrogen and oxygen atoms in total. The minimum Gasteiger partial charge on any atom is -0.292 e. The molecule has 0 spiro atoms. The third-order valence-corrected chi connectivity index (χ3v) is 4.96. The molecule has 122 valence electrons. The summed E-state index contributed by atoms with van der Waals surface area (Å²) < 4.78 is 0. The molecule has 4 heteroatoms. The van der Waals surface area contributed by atoms with Gasteiger partial charge < -0.3 is 0 Å². The van der Waals surface area contributed by atoms with Crippen molar-refractivity contribution in [2.45, 2.75) is 27.7 Å². The van der Waals surface area contributed by atoms with E-state index in [1.54, 1.807) is 24.3 Å². The van der Waals surface area contributed by atoms with Crippen molar-refractivity contribution in [2.75, 3.05) is 6.54 Å². The molecule has 0 bridgehead atoms. The minimum absolute atomic E-state index is 0.215. The molecular weight excluding hydrogens is 302 g/mol. The number of Topliss-reactive ketones (excluding diaryl/α,β-unsaturated/α-hetero) is 1. The van der Waals surface area contributed by atoms with Crippen molar-refractivity contribution in [3.05, 3.63) is 69.3 Å². The Morgan fingerprint density at radius 2 is 1.42 bits per heavy atom. The van der Waals surface area contributed by atoms with Gasteiger partial charge in [-0.25, -0.2) is 0 Å². The van der Waals surface area contributed by atoms with E-state index in [1.165, 1.54) is 0 Å². The molecule has 1 aliphatic heterocycles. The highest BCUT2D eigenvalue weighted by atomic mass is 16.2. The Kier molecular flexibility index (Phi) is 3.84. The Morgan fingerprint density at radius 3 is 1.96 bits per heavy atom. The van der Waals surface area contributed by atoms with Crippen LogP contribution < -0.4 is 0 Å². The molecule has 0 aromatic heterocycles. The lowest BCUT2D eigenvalue weighted by molar-refractivity contribution is 0.0624. The molecule has 24 heavy (non-hydrogen) atoms. The third-order valence-electron chi connectivity index (χ3n) is 4.96. The monoisotopic (exact) mass is 321 g/mol. The molecule has 0 saturated carbocycles. The molecule has 0 N–H and O–H groups in total. The largest absolute Gasteiger partial charge is 0.292 e. The molecule has 2 amide bonds. The van der Waals surface area contributed by atoms with Crippen LogP contribution in [-0.2, 0) is 0 Å².